The van der Waals surface area contributed by atoms with E-state index in [0.29, 0.717) is 16.3 Å². The number of halogens is 1. The fraction of sp³-hybridized carbons (Fsp3) is 0. The average molecular weight is 332 g/mol. The van der Waals surface area contributed by atoms with Crippen molar-refractivity contribution in [3.63, 3.8) is 0 Å². The van der Waals surface area contributed by atoms with Crippen molar-refractivity contribution in [1.82, 2.24) is 0 Å². The molecule has 0 fully saturated rings. The zero-order valence-electron chi connectivity index (χ0n) is 12.8. The molecule has 1 aromatic heterocycles. The van der Waals surface area contributed by atoms with Crippen LogP contribution in [-0.4, -0.2) is 0 Å². The third-order valence-corrected chi connectivity index (χ3v) is 4.14. The molecule has 0 aliphatic rings. The van der Waals surface area contributed by atoms with Gasteiger partial charge in [-0.05, 0) is 29.7 Å². The minimum atomic E-state index is 0.556. The summed E-state index contributed by atoms with van der Waals surface area (Å²) < 4.78 is 6.11. The van der Waals surface area contributed by atoms with Gasteiger partial charge in [0.25, 0.3) is 0 Å². The van der Waals surface area contributed by atoms with E-state index < -0.39 is 0 Å². The molecule has 0 radical (unpaired) electrons. The second-order valence-electron chi connectivity index (χ2n) is 5.43. The van der Waals surface area contributed by atoms with Crippen molar-refractivity contribution in [2.45, 2.75) is 0 Å². The van der Waals surface area contributed by atoms with Gasteiger partial charge in [0.2, 0.25) is 5.55 Å². The molecule has 1 heterocycles. The molecule has 0 aliphatic carbocycles. The van der Waals surface area contributed by atoms with Crippen molar-refractivity contribution < 1.29 is 4.42 Å². The molecule has 0 saturated heterocycles. The highest BCUT2D eigenvalue weighted by molar-refractivity contribution is 6.32. The summed E-state index contributed by atoms with van der Waals surface area (Å²) in [5, 5.41) is 2.63. The zero-order chi connectivity index (χ0) is 16.4. The van der Waals surface area contributed by atoms with Gasteiger partial charge >= 0.3 is 0 Å². The van der Waals surface area contributed by atoms with Crippen LogP contribution in [-0.2, 0) is 0 Å². The van der Waals surface area contributed by atoms with Crippen LogP contribution in [0.2, 0.25) is 5.02 Å². The molecule has 0 saturated carbocycles. The van der Waals surface area contributed by atoms with E-state index in [-0.39, 0.29) is 0 Å². The van der Waals surface area contributed by atoms with Crippen molar-refractivity contribution >= 4 is 28.1 Å². The second kappa shape index (κ2) is 6.34. The summed E-state index contributed by atoms with van der Waals surface area (Å²) in [5.41, 5.74) is 2.26. The van der Waals surface area contributed by atoms with Crippen molar-refractivity contribution in [3.8, 4) is 11.3 Å². The van der Waals surface area contributed by atoms with Crippen LogP contribution in [0.25, 0.3) is 22.1 Å². The fourth-order valence-electron chi connectivity index (χ4n) is 2.63. The highest BCUT2D eigenvalue weighted by atomic mass is 35.5. The molecule has 0 unspecified atom stereocenters. The van der Waals surface area contributed by atoms with Gasteiger partial charge in [-0.15, -0.1) is 0 Å². The van der Waals surface area contributed by atoms with Crippen molar-refractivity contribution in [1.29, 1.82) is 0 Å². The standard InChI is InChI=1S/C21H14ClNO/c22-18-12-6-7-13-19(18)23-21-17-11-5-4-10-16(17)14-20(24-21)15-8-2-1-3-9-15/h1-14H. The molecular weight excluding hydrogens is 318 g/mol. The predicted molar refractivity (Wildman–Crippen MR) is 98.3 cm³/mol. The maximum absolute atomic E-state index is 6.25. The maximum atomic E-state index is 6.25. The number of para-hydroxylation sites is 1. The van der Waals surface area contributed by atoms with Gasteiger partial charge in [-0.2, -0.15) is 0 Å². The van der Waals surface area contributed by atoms with E-state index in [0.717, 1.165) is 22.1 Å². The van der Waals surface area contributed by atoms with Crippen LogP contribution >= 0.6 is 11.6 Å². The van der Waals surface area contributed by atoms with Gasteiger partial charge in [0, 0.05) is 10.9 Å². The highest BCUT2D eigenvalue weighted by Crippen LogP contribution is 2.25. The Bertz CT molecular complexity index is 1070. The summed E-state index contributed by atoms with van der Waals surface area (Å²) >= 11 is 6.25. The minimum Gasteiger partial charge on any atom is -0.438 e. The largest absolute Gasteiger partial charge is 0.438 e. The van der Waals surface area contributed by atoms with E-state index in [4.69, 9.17) is 16.0 Å². The first kappa shape index (κ1) is 14.7. The van der Waals surface area contributed by atoms with E-state index in [9.17, 15) is 0 Å². The second-order valence-corrected chi connectivity index (χ2v) is 5.84. The molecule has 0 N–H and O–H groups in total. The van der Waals surface area contributed by atoms with Crippen molar-refractivity contribution in [2.75, 3.05) is 0 Å². The molecule has 4 aromatic rings. The van der Waals surface area contributed by atoms with Crippen LogP contribution in [0.15, 0.2) is 94.3 Å². The molecule has 0 aliphatic heterocycles. The molecule has 4 rings (SSSR count). The zero-order valence-corrected chi connectivity index (χ0v) is 13.6. The van der Waals surface area contributed by atoms with Crippen LogP contribution in [0, 0.1) is 0 Å². The lowest BCUT2D eigenvalue weighted by atomic mass is 10.1. The van der Waals surface area contributed by atoms with Crippen LogP contribution < -0.4 is 5.55 Å². The van der Waals surface area contributed by atoms with Crippen LogP contribution in [0.3, 0.4) is 0 Å². The molecule has 2 nitrogen and oxygen atoms in total. The Balaban J connectivity index is 2.02. The van der Waals surface area contributed by atoms with Gasteiger partial charge < -0.3 is 4.42 Å². The summed E-state index contributed by atoms with van der Waals surface area (Å²) in [6, 6.07) is 27.6. The monoisotopic (exact) mass is 331 g/mol. The number of benzene rings is 3. The summed E-state index contributed by atoms with van der Waals surface area (Å²) in [6.45, 7) is 0. The minimum absolute atomic E-state index is 0.556. The van der Waals surface area contributed by atoms with E-state index in [1.165, 1.54) is 0 Å². The quantitative estimate of drug-likeness (QED) is 0.443. The van der Waals surface area contributed by atoms with Crippen molar-refractivity contribution in [3.05, 3.63) is 95.5 Å². The SMILES string of the molecule is Clc1ccccc1N=c1oc(-c2ccccc2)cc2ccccc12. The molecule has 3 aromatic carbocycles. The van der Waals surface area contributed by atoms with Gasteiger partial charge in [0.05, 0.1) is 10.7 Å². The number of rotatable bonds is 2. The average Bonchev–Trinajstić information content (AvgIpc) is 2.64. The van der Waals surface area contributed by atoms with Gasteiger partial charge in [-0.3, -0.25) is 0 Å². The Morgan fingerprint density at radius 2 is 1.46 bits per heavy atom. The van der Waals surface area contributed by atoms with Gasteiger partial charge in [0.1, 0.15) is 5.76 Å². The Hall–Kier alpha value is -2.84. The molecule has 0 amide bonds. The molecule has 0 atom stereocenters. The number of fused-ring (bicyclic) bond motifs is 1. The molecule has 116 valence electrons. The number of hydrogen-bond acceptors (Lipinski definition) is 2. The van der Waals surface area contributed by atoms with Crippen LogP contribution in [0.4, 0.5) is 5.69 Å². The van der Waals surface area contributed by atoms with E-state index in [1.54, 1.807) is 0 Å². The summed E-state index contributed by atoms with van der Waals surface area (Å²) in [6.07, 6.45) is 0. The first-order chi connectivity index (χ1) is 11.8. The Labute approximate surface area is 144 Å². The lowest BCUT2D eigenvalue weighted by Gasteiger charge is -2.05. The summed E-state index contributed by atoms with van der Waals surface area (Å²) in [7, 11) is 0. The first-order valence-corrected chi connectivity index (χ1v) is 8.07. The number of hydrogen-bond donors (Lipinski definition) is 0. The summed E-state index contributed by atoms with van der Waals surface area (Å²) in [5.74, 6) is 0.778. The molecule has 0 bridgehead atoms. The maximum Gasteiger partial charge on any atom is 0.227 e. The summed E-state index contributed by atoms with van der Waals surface area (Å²) in [4.78, 5) is 4.66. The molecule has 24 heavy (non-hydrogen) atoms. The van der Waals surface area contributed by atoms with E-state index in [1.807, 2.05) is 78.9 Å². The molecular formula is C21H14ClNO. The van der Waals surface area contributed by atoms with E-state index in [2.05, 4.69) is 11.1 Å². The van der Waals surface area contributed by atoms with E-state index >= 15 is 0 Å². The predicted octanol–water partition coefficient (Wildman–Crippen LogP) is 5.99. The third-order valence-electron chi connectivity index (χ3n) is 3.82. The first-order valence-electron chi connectivity index (χ1n) is 7.69. The molecule has 3 heteroatoms. The highest BCUT2D eigenvalue weighted by Gasteiger charge is 2.06. The third kappa shape index (κ3) is 2.84. The van der Waals surface area contributed by atoms with Crippen LogP contribution in [0.5, 0.6) is 0 Å². The smallest absolute Gasteiger partial charge is 0.227 e. The Morgan fingerprint density at radius 1 is 0.750 bits per heavy atom. The fourth-order valence-corrected chi connectivity index (χ4v) is 2.80. The van der Waals surface area contributed by atoms with Crippen molar-refractivity contribution in [2.24, 2.45) is 4.99 Å². The lowest BCUT2D eigenvalue weighted by Crippen LogP contribution is -2.03. The van der Waals surface area contributed by atoms with Gasteiger partial charge in [-0.1, -0.05) is 72.3 Å². The van der Waals surface area contributed by atoms with Gasteiger partial charge in [-0.25, -0.2) is 4.99 Å². The van der Waals surface area contributed by atoms with Gasteiger partial charge in [0.15, 0.2) is 0 Å². The van der Waals surface area contributed by atoms with Crippen LogP contribution in [0.1, 0.15) is 0 Å². The molecule has 0 spiro atoms. The normalized spacial score (nSPS) is 11.8. The lowest BCUT2D eigenvalue weighted by molar-refractivity contribution is 0.520. The Kier molecular flexibility index (Phi) is 3.89. The Morgan fingerprint density at radius 3 is 2.29 bits per heavy atom. The topological polar surface area (TPSA) is 25.5 Å². The number of nitrogens with zero attached hydrogens (tertiary/aromatic N) is 1.